The Kier molecular flexibility index (Phi) is 5.11. The maximum atomic E-state index is 11.5. The van der Waals surface area contributed by atoms with Crippen molar-refractivity contribution in [3.05, 3.63) is 29.8 Å². The van der Waals surface area contributed by atoms with Gasteiger partial charge in [-0.3, -0.25) is 0 Å². The van der Waals surface area contributed by atoms with Gasteiger partial charge in [0, 0.05) is 18.3 Å². The fourth-order valence-electron chi connectivity index (χ4n) is 1.22. The Morgan fingerprint density at radius 3 is 2.94 bits per heavy atom. The Balaban J connectivity index is 2.47. The number of carbonyl (C=O) groups is 1. The van der Waals surface area contributed by atoms with Crippen LogP contribution in [0, 0.1) is 11.3 Å². The second-order valence-electron chi connectivity index (χ2n) is 3.93. The second kappa shape index (κ2) is 6.59. The zero-order chi connectivity index (χ0) is 13.5. The topological polar surface area (TPSA) is 111 Å². The fourth-order valence-corrected chi connectivity index (χ4v) is 1.22. The lowest BCUT2D eigenvalue weighted by molar-refractivity contribution is 0.162. The molecule has 0 fully saturated rings. The molecular formula is C12H16N4O2. The standard InChI is InChI=1S/C12H16N4O2/c1-8(17)11(14)7-15-12(18)16-10-4-2-3-9(5-10)6-13/h2-5,8,11,17H,7,14H2,1H3,(H2,15,16,18). The molecule has 0 bridgehead atoms. The summed E-state index contributed by atoms with van der Waals surface area (Å²) in [5, 5.41) is 23.0. The van der Waals surface area contributed by atoms with Crippen LogP contribution in [-0.2, 0) is 0 Å². The number of nitriles is 1. The Morgan fingerprint density at radius 2 is 2.33 bits per heavy atom. The van der Waals surface area contributed by atoms with E-state index in [2.05, 4.69) is 10.6 Å². The van der Waals surface area contributed by atoms with Crippen LogP contribution in [0.1, 0.15) is 12.5 Å². The summed E-state index contributed by atoms with van der Waals surface area (Å²) < 4.78 is 0. The molecule has 6 nitrogen and oxygen atoms in total. The summed E-state index contributed by atoms with van der Waals surface area (Å²) in [6, 6.07) is 7.60. The van der Waals surface area contributed by atoms with Gasteiger partial charge in [0.25, 0.3) is 0 Å². The van der Waals surface area contributed by atoms with Crippen LogP contribution in [0.2, 0.25) is 0 Å². The first kappa shape index (κ1) is 14.0. The van der Waals surface area contributed by atoms with Crippen LogP contribution >= 0.6 is 0 Å². The lowest BCUT2D eigenvalue weighted by Gasteiger charge is -2.15. The van der Waals surface area contributed by atoms with E-state index in [4.69, 9.17) is 16.1 Å². The molecule has 0 aliphatic heterocycles. The molecule has 18 heavy (non-hydrogen) atoms. The number of anilines is 1. The van der Waals surface area contributed by atoms with Crippen molar-refractivity contribution in [3.8, 4) is 6.07 Å². The Bertz CT molecular complexity index is 454. The minimum Gasteiger partial charge on any atom is -0.392 e. The first-order valence-corrected chi connectivity index (χ1v) is 5.51. The van der Waals surface area contributed by atoms with Gasteiger partial charge in [-0.1, -0.05) is 6.07 Å². The largest absolute Gasteiger partial charge is 0.392 e. The van der Waals surface area contributed by atoms with E-state index in [1.165, 1.54) is 0 Å². The van der Waals surface area contributed by atoms with E-state index >= 15 is 0 Å². The number of amides is 2. The third kappa shape index (κ3) is 4.41. The lowest BCUT2D eigenvalue weighted by atomic mass is 10.2. The van der Waals surface area contributed by atoms with Crippen LogP contribution in [0.15, 0.2) is 24.3 Å². The highest BCUT2D eigenvalue weighted by Gasteiger charge is 2.10. The average molecular weight is 248 g/mol. The molecule has 2 amide bonds. The highest BCUT2D eigenvalue weighted by Crippen LogP contribution is 2.09. The Labute approximate surface area is 105 Å². The number of nitrogens with one attached hydrogen (secondary N) is 2. The summed E-state index contributed by atoms with van der Waals surface area (Å²) in [6.07, 6.45) is -0.688. The number of nitrogens with zero attached hydrogens (tertiary/aromatic N) is 1. The molecule has 96 valence electrons. The predicted molar refractivity (Wildman–Crippen MR) is 67.8 cm³/mol. The van der Waals surface area contributed by atoms with Gasteiger partial charge >= 0.3 is 6.03 Å². The minimum atomic E-state index is -0.688. The summed E-state index contributed by atoms with van der Waals surface area (Å²) in [6.45, 7) is 1.72. The summed E-state index contributed by atoms with van der Waals surface area (Å²) >= 11 is 0. The molecular weight excluding hydrogens is 232 g/mol. The van der Waals surface area contributed by atoms with Crippen LogP contribution in [0.25, 0.3) is 0 Å². The van der Waals surface area contributed by atoms with E-state index in [-0.39, 0.29) is 6.54 Å². The summed E-state index contributed by atoms with van der Waals surface area (Å²) in [4.78, 5) is 11.5. The SMILES string of the molecule is CC(O)C(N)CNC(=O)Nc1cccc(C#N)c1. The molecule has 0 saturated heterocycles. The van der Waals surface area contributed by atoms with Crippen LogP contribution < -0.4 is 16.4 Å². The average Bonchev–Trinajstić information content (AvgIpc) is 2.36. The Morgan fingerprint density at radius 1 is 1.61 bits per heavy atom. The highest BCUT2D eigenvalue weighted by atomic mass is 16.3. The van der Waals surface area contributed by atoms with E-state index in [1.807, 2.05) is 6.07 Å². The molecule has 2 atom stereocenters. The van der Waals surface area contributed by atoms with Crippen LogP contribution in [0.3, 0.4) is 0 Å². The molecule has 0 radical (unpaired) electrons. The monoisotopic (exact) mass is 248 g/mol. The van der Waals surface area contributed by atoms with Crippen molar-refractivity contribution in [1.29, 1.82) is 5.26 Å². The summed E-state index contributed by atoms with van der Waals surface area (Å²) in [5.41, 5.74) is 6.56. The minimum absolute atomic E-state index is 0.168. The lowest BCUT2D eigenvalue weighted by Crippen LogP contribution is -2.44. The van der Waals surface area contributed by atoms with Gasteiger partial charge in [0.15, 0.2) is 0 Å². The number of nitrogens with two attached hydrogens (primary N) is 1. The smallest absolute Gasteiger partial charge is 0.319 e. The van der Waals surface area contributed by atoms with Crippen LogP contribution in [0.5, 0.6) is 0 Å². The molecule has 1 aromatic carbocycles. The van der Waals surface area contributed by atoms with Gasteiger partial charge in [-0.25, -0.2) is 4.79 Å². The first-order valence-electron chi connectivity index (χ1n) is 5.51. The van der Waals surface area contributed by atoms with Gasteiger partial charge in [-0.2, -0.15) is 5.26 Å². The van der Waals surface area contributed by atoms with E-state index in [1.54, 1.807) is 31.2 Å². The van der Waals surface area contributed by atoms with Gasteiger partial charge in [0.1, 0.15) is 0 Å². The zero-order valence-corrected chi connectivity index (χ0v) is 10.1. The third-order valence-corrected chi connectivity index (χ3v) is 2.37. The molecule has 2 unspecified atom stereocenters. The van der Waals surface area contributed by atoms with E-state index in [9.17, 15) is 4.79 Å². The number of hydrogen-bond acceptors (Lipinski definition) is 4. The number of urea groups is 1. The number of benzene rings is 1. The van der Waals surface area contributed by atoms with Crippen molar-refractivity contribution in [3.63, 3.8) is 0 Å². The molecule has 6 heteroatoms. The highest BCUT2D eigenvalue weighted by molar-refractivity contribution is 5.89. The van der Waals surface area contributed by atoms with Crippen molar-refractivity contribution >= 4 is 11.7 Å². The van der Waals surface area contributed by atoms with Gasteiger partial charge in [0.2, 0.25) is 0 Å². The quantitative estimate of drug-likeness (QED) is 0.617. The van der Waals surface area contributed by atoms with Gasteiger partial charge in [0.05, 0.1) is 17.7 Å². The molecule has 0 saturated carbocycles. The summed E-state index contributed by atoms with van der Waals surface area (Å²) in [7, 11) is 0. The maximum absolute atomic E-state index is 11.5. The molecule has 0 aliphatic rings. The predicted octanol–water partition coefficient (Wildman–Crippen LogP) is 0.388. The third-order valence-electron chi connectivity index (χ3n) is 2.37. The van der Waals surface area contributed by atoms with Crippen molar-refractivity contribution in [2.75, 3.05) is 11.9 Å². The molecule has 0 spiro atoms. The fraction of sp³-hybridized carbons (Fsp3) is 0.333. The van der Waals surface area contributed by atoms with Gasteiger partial charge < -0.3 is 21.5 Å². The normalized spacial score (nSPS) is 13.2. The molecule has 1 rings (SSSR count). The molecule has 0 aromatic heterocycles. The number of aliphatic hydroxyl groups is 1. The number of hydrogen-bond donors (Lipinski definition) is 4. The zero-order valence-electron chi connectivity index (χ0n) is 10.1. The van der Waals surface area contributed by atoms with E-state index in [0.717, 1.165) is 0 Å². The van der Waals surface area contributed by atoms with E-state index < -0.39 is 18.2 Å². The molecule has 0 aliphatic carbocycles. The van der Waals surface area contributed by atoms with Gasteiger partial charge in [-0.05, 0) is 25.1 Å². The van der Waals surface area contributed by atoms with Crippen molar-refractivity contribution in [1.82, 2.24) is 5.32 Å². The maximum Gasteiger partial charge on any atom is 0.319 e. The van der Waals surface area contributed by atoms with Gasteiger partial charge in [-0.15, -0.1) is 0 Å². The molecule has 5 N–H and O–H groups in total. The van der Waals surface area contributed by atoms with Crippen LogP contribution in [-0.4, -0.2) is 29.8 Å². The summed E-state index contributed by atoms with van der Waals surface area (Å²) in [5.74, 6) is 0. The Hall–Kier alpha value is -2.10. The molecule has 1 aromatic rings. The van der Waals surface area contributed by atoms with Crippen molar-refractivity contribution < 1.29 is 9.90 Å². The molecule has 0 heterocycles. The van der Waals surface area contributed by atoms with Crippen molar-refractivity contribution in [2.24, 2.45) is 5.73 Å². The van der Waals surface area contributed by atoms with E-state index in [0.29, 0.717) is 11.3 Å². The number of carbonyl (C=O) groups excluding carboxylic acids is 1. The number of aliphatic hydroxyl groups excluding tert-OH is 1. The van der Waals surface area contributed by atoms with Crippen molar-refractivity contribution in [2.45, 2.75) is 19.1 Å². The first-order chi connectivity index (χ1) is 8.52. The second-order valence-corrected chi connectivity index (χ2v) is 3.93. The number of rotatable bonds is 4. The van der Waals surface area contributed by atoms with Crippen LogP contribution in [0.4, 0.5) is 10.5 Å².